The zero-order valence-corrected chi connectivity index (χ0v) is 13.3. The molecule has 1 aromatic carbocycles. The monoisotopic (exact) mass is 303 g/mol. The highest BCUT2D eigenvalue weighted by Crippen LogP contribution is 2.28. The molecule has 1 atom stereocenters. The van der Waals surface area contributed by atoms with Crippen molar-refractivity contribution in [1.29, 1.82) is 0 Å². The van der Waals surface area contributed by atoms with Crippen molar-refractivity contribution in [2.75, 3.05) is 0 Å². The van der Waals surface area contributed by atoms with Crippen molar-refractivity contribution >= 4 is 11.9 Å². The molecule has 1 unspecified atom stereocenters. The molecular formula is C18H25NO3. The normalized spacial score (nSPS) is 23.0. The van der Waals surface area contributed by atoms with Crippen LogP contribution in [0.3, 0.4) is 0 Å². The highest BCUT2D eigenvalue weighted by molar-refractivity contribution is 5.84. The second kappa shape index (κ2) is 7.43. The van der Waals surface area contributed by atoms with Gasteiger partial charge in [-0.2, -0.15) is 0 Å². The number of amides is 1. The van der Waals surface area contributed by atoms with Crippen molar-refractivity contribution in [3.63, 3.8) is 0 Å². The average molecular weight is 303 g/mol. The Morgan fingerprint density at radius 1 is 1.09 bits per heavy atom. The third-order valence-corrected chi connectivity index (χ3v) is 4.53. The second-order valence-electron chi connectivity index (χ2n) is 6.53. The van der Waals surface area contributed by atoms with Crippen LogP contribution >= 0.6 is 0 Å². The molecule has 0 heterocycles. The minimum atomic E-state index is -0.714. The minimum Gasteiger partial charge on any atom is -0.481 e. The molecule has 0 saturated heterocycles. The molecule has 2 N–H and O–H groups in total. The fourth-order valence-electron chi connectivity index (χ4n) is 3.28. The molecule has 0 aliphatic heterocycles. The quantitative estimate of drug-likeness (QED) is 0.878. The van der Waals surface area contributed by atoms with E-state index in [2.05, 4.69) is 19.2 Å². The molecule has 4 heteroatoms. The minimum absolute atomic E-state index is 0.0555. The first-order chi connectivity index (χ1) is 10.5. The molecule has 0 aromatic heterocycles. The number of carboxylic acids is 1. The highest BCUT2D eigenvalue weighted by Gasteiger charge is 2.30. The summed E-state index contributed by atoms with van der Waals surface area (Å²) in [6, 6.07) is 9.95. The van der Waals surface area contributed by atoms with Gasteiger partial charge in [-0.15, -0.1) is 0 Å². The third kappa shape index (κ3) is 4.09. The number of nitrogens with one attached hydrogen (secondary N) is 1. The fourth-order valence-corrected chi connectivity index (χ4v) is 3.28. The molecular weight excluding hydrogens is 278 g/mol. The lowest BCUT2D eigenvalue weighted by Crippen LogP contribution is -2.42. The molecule has 1 aromatic rings. The van der Waals surface area contributed by atoms with E-state index in [0.29, 0.717) is 12.8 Å². The highest BCUT2D eigenvalue weighted by atomic mass is 16.4. The van der Waals surface area contributed by atoms with Crippen molar-refractivity contribution in [1.82, 2.24) is 5.32 Å². The van der Waals surface area contributed by atoms with Gasteiger partial charge in [0.2, 0.25) is 5.91 Å². The van der Waals surface area contributed by atoms with E-state index in [-0.39, 0.29) is 29.7 Å². The summed E-state index contributed by atoms with van der Waals surface area (Å²) in [5, 5.41) is 12.2. The van der Waals surface area contributed by atoms with Crippen molar-refractivity contribution in [2.45, 2.75) is 51.5 Å². The summed E-state index contributed by atoms with van der Waals surface area (Å²) in [7, 11) is 0. The number of carboxylic acid groups (broad SMARTS) is 1. The van der Waals surface area contributed by atoms with Gasteiger partial charge in [-0.1, -0.05) is 44.2 Å². The lowest BCUT2D eigenvalue weighted by Gasteiger charge is -2.29. The smallest absolute Gasteiger partial charge is 0.306 e. The van der Waals surface area contributed by atoms with E-state index in [1.54, 1.807) is 0 Å². The van der Waals surface area contributed by atoms with E-state index in [1.165, 1.54) is 0 Å². The number of benzene rings is 1. The van der Waals surface area contributed by atoms with Gasteiger partial charge in [0.1, 0.15) is 0 Å². The van der Waals surface area contributed by atoms with Gasteiger partial charge in [-0.3, -0.25) is 9.59 Å². The third-order valence-electron chi connectivity index (χ3n) is 4.53. The Morgan fingerprint density at radius 2 is 1.68 bits per heavy atom. The zero-order valence-electron chi connectivity index (χ0n) is 13.3. The summed E-state index contributed by atoms with van der Waals surface area (Å²) in [6.45, 7) is 4.11. The summed E-state index contributed by atoms with van der Waals surface area (Å²) in [5.41, 5.74) is 1.04. The van der Waals surface area contributed by atoms with Gasteiger partial charge in [0.05, 0.1) is 11.8 Å². The summed E-state index contributed by atoms with van der Waals surface area (Å²) < 4.78 is 0. The van der Waals surface area contributed by atoms with Crippen LogP contribution in [0.2, 0.25) is 0 Å². The van der Waals surface area contributed by atoms with Crippen LogP contribution in [-0.2, 0) is 9.59 Å². The van der Waals surface area contributed by atoms with Crippen LogP contribution in [0.5, 0.6) is 0 Å². The predicted molar refractivity (Wildman–Crippen MR) is 85.5 cm³/mol. The van der Waals surface area contributed by atoms with E-state index < -0.39 is 5.97 Å². The Morgan fingerprint density at radius 3 is 2.18 bits per heavy atom. The molecule has 1 aliphatic rings. The molecule has 120 valence electrons. The molecule has 1 saturated carbocycles. The van der Waals surface area contributed by atoms with Crippen LogP contribution in [0, 0.1) is 11.8 Å². The maximum Gasteiger partial charge on any atom is 0.306 e. The number of carbonyl (C=O) groups excluding carboxylic acids is 1. The Hall–Kier alpha value is -1.84. The number of aliphatic carboxylic acids is 1. The Balaban J connectivity index is 1.97. The van der Waals surface area contributed by atoms with Gasteiger partial charge in [0.15, 0.2) is 0 Å². The van der Waals surface area contributed by atoms with Crippen LogP contribution in [-0.4, -0.2) is 23.0 Å². The molecule has 4 nitrogen and oxygen atoms in total. The average Bonchev–Trinajstić information content (AvgIpc) is 2.48. The summed E-state index contributed by atoms with van der Waals surface area (Å²) in [5.74, 6) is -0.839. The Bertz CT molecular complexity index is 504. The van der Waals surface area contributed by atoms with Crippen molar-refractivity contribution in [2.24, 2.45) is 11.8 Å². The van der Waals surface area contributed by atoms with Crippen molar-refractivity contribution in [3.8, 4) is 0 Å². The molecule has 0 bridgehead atoms. The Kier molecular flexibility index (Phi) is 5.58. The maximum atomic E-state index is 12.6. The molecule has 1 fully saturated rings. The maximum absolute atomic E-state index is 12.6. The largest absolute Gasteiger partial charge is 0.481 e. The topological polar surface area (TPSA) is 66.4 Å². The number of carbonyl (C=O) groups is 2. The number of rotatable bonds is 5. The molecule has 22 heavy (non-hydrogen) atoms. The van der Waals surface area contributed by atoms with E-state index in [4.69, 9.17) is 5.11 Å². The van der Waals surface area contributed by atoms with Gasteiger partial charge < -0.3 is 10.4 Å². The van der Waals surface area contributed by atoms with Gasteiger partial charge in [0, 0.05) is 6.04 Å². The van der Waals surface area contributed by atoms with Crippen LogP contribution in [0.25, 0.3) is 0 Å². The van der Waals surface area contributed by atoms with Gasteiger partial charge in [-0.25, -0.2) is 0 Å². The SMILES string of the molecule is CC(C)C(C(=O)NC1CCC(C(=O)O)CC1)c1ccccc1. The summed E-state index contributed by atoms with van der Waals surface area (Å²) in [4.78, 5) is 23.6. The van der Waals surface area contributed by atoms with E-state index in [9.17, 15) is 9.59 Å². The molecule has 1 aliphatic carbocycles. The lowest BCUT2D eigenvalue weighted by atomic mass is 9.84. The summed E-state index contributed by atoms with van der Waals surface area (Å²) in [6.07, 6.45) is 2.81. The molecule has 1 amide bonds. The van der Waals surface area contributed by atoms with Gasteiger partial charge >= 0.3 is 5.97 Å². The van der Waals surface area contributed by atoms with Crippen LogP contribution in [0.4, 0.5) is 0 Å². The molecule has 0 spiro atoms. The van der Waals surface area contributed by atoms with Crippen molar-refractivity contribution in [3.05, 3.63) is 35.9 Å². The second-order valence-corrected chi connectivity index (χ2v) is 6.53. The lowest BCUT2D eigenvalue weighted by molar-refractivity contribution is -0.142. The van der Waals surface area contributed by atoms with E-state index in [1.807, 2.05) is 30.3 Å². The first kappa shape index (κ1) is 16.5. The summed E-state index contributed by atoms with van der Waals surface area (Å²) >= 11 is 0. The fraction of sp³-hybridized carbons (Fsp3) is 0.556. The first-order valence-corrected chi connectivity index (χ1v) is 8.07. The van der Waals surface area contributed by atoms with Gasteiger partial charge in [0.25, 0.3) is 0 Å². The van der Waals surface area contributed by atoms with Crippen molar-refractivity contribution < 1.29 is 14.7 Å². The van der Waals surface area contributed by atoms with Crippen LogP contribution in [0.15, 0.2) is 30.3 Å². The first-order valence-electron chi connectivity index (χ1n) is 8.07. The Labute approximate surface area is 131 Å². The van der Waals surface area contributed by atoms with E-state index >= 15 is 0 Å². The molecule has 2 rings (SSSR count). The van der Waals surface area contributed by atoms with Gasteiger partial charge in [-0.05, 0) is 37.2 Å². The van der Waals surface area contributed by atoms with E-state index in [0.717, 1.165) is 18.4 Å². The van der Waals surface area contributed by atoms with Crippen LogP contribution in [0.1, 0.15) is 51.0 Å². The standard InChI is InChI=1S/C18H25NO3/c1-12(2)16(13-6-4-3-5-7-13)17(20)19-15-10-8-14(9-11-15)18(21)22/h3-7,12,14-16H,8-11H2,1-2H3,(H,19,20)(H,21,22). The number of hydrogen-bond acceptors (Lipinski definition) is 2. The van der Waals surface area contributed by atoms with Crippen LogP contribution < -0.4 is 5.32 Å². The predicted octanol–water partition coefficient (Wildman–Crippen LogP) is 3.19. The zero-order chi connectivity index (χ0) is 16.1. The number of hydrogen-bond donors (Lipinski definition) is 2. The molecule has 0 radical (unpaired) electrons.